The van der Waals surface area contributed by atoms with Crippen LogP contribution in [-0.4, -0.2) is 124 Å². The number of carbonyl (C=O) groups is 1. The number of hydrogen-bond donors (Lipinski definition) is 0. The summed E-state index contributed by atoms with van der Waals surface area (Å²) in [6.07, 6.45) is 11.9. The molecule has 252 valence electrons. The molecule has 42 heavy (non-hydrogen) atoms. The highest BCUT2D eigenvalue weighted by Crippen LogP contribution is 2.07. The first-order chi connectivity index (χ1) is 20.8. The Kier molecular flexibility index (Phi) is 38.0. The standard InChI is InChI=1S/C31H61ClO10/c1-2-3-4-5-6-9-12-31(33)42-30-29-41-28-27-40-26-25-39-24-23-38-22-21-37-20-19-36-18-17-35-16-15-34-14-11-8-7-10-13-32/h2-30H2,1H3. The third kappa shape index (κ3) is 37.5. The predicted molar refractivity (Wildman–Crippen MR) is 165 cm³/mol. The number of esters is 1. The van der Waals surface area contributed by atoms with Crippen molar-refractivity contribution in [3.63, 3.8) is 0 Å². The molecule has 0 fully saturated rings. The fourth-order valence-electron chi connectivity index (χ4n) is 3.63. The fraction of sp³-hybridized carbons (Fsp3) is 0.968. The second-order valence-electron chi connectivity index (χ2n) is 9.74. The van der Waals surface area contributed by atoms with Crippen LogP contribution in [0.2, 0.25) is 0 Å². The summed E-state index contributed by atoms with van der Waals surface area (Å²) in [5.74, 6) is 0.604. The second-order valence-corrected chi connectivity index (χ2v) is 10.1. The Morgan fingerprint density at radius 2 is 0.738 bits per heavy atom. The molecule has 0 spiro atoms. The number of hydrogen-bond acceptors (Lipinski definition) is 10. The first-order valence-electron chi connectivity index (χ1n) is 16.1. The average Bonchev–Trinajstić information content (AvgIpc) is 3.00. The molecule has 0 atom stereocenters. The molecular weight excluding hydrogens is 568 g/mol. The number of unbranched alkanes of at least 4 members (excludes halogenated alkanes) is 8. The van der Waals surface area contributed by atoms with Gasteiger partial charge in [0.25, 0.3) is 0 Å². The van der Waals surface area contributed by atoms with Gasteiger partial charge < -0.3 is 42.6 Å². The van der Waals surface area contributed by atoms with Gasteiger partial charge in [-0.25, -0.2) is 0 Å². The maximum atomic E-state index is 11.6. The lowest BCUT2D eigenvalue weighted by atomic mass is 10.1. The van der Waals surface area contributed by atoms with Gasteiger partial charge >= 0.3 is 5.97 Å². The zero-order valence-electron chi connectivity index (χ0n) is 26.5. The van der Waals surface area contributed by atoms with Gasteiger partial charge in [0.2, 0.25) is 0 Å². The van der Waals surface area contributed by atoms with E-state index in [1.54, 1.807) is 0 Å². The van der Waals surface area contributed by atoms with Crippen LogP contribution >= 0.6 is 11.6 Å². The first kappa shape index (κ1) is 41.4. The Labute approximate surface area is 260 Å². The average molecular weight is 629 g/mol. The van der Waals surface area contributed by atoms with Crippen LogP contribution in [0.25, 0.3) is 0 Å². The molecule has 0 aliphatic rings. The van der Waals surface area contributed by atoms with E-state index in [0.717, 1.165) is 38.2 Å². The summed E-state index contributed by atoms with van der Waals surface area (Å²) in [6, 6.07) is 0. The third-order valence-corrected chi connectivity index (χ3v) is 6.27. The quantitative estimate of drug-likeness (QED) is 0.0518. The SMILES string of the molecule is CCCCCCCCC(=O)OCCOCCOCCOCCOCCOCCOCCOCCOCCCCCCCl. The van der Waals surface area contributed by atoms with Crippen LogP contribution in [0.3, 0.4) is 0 Å². The predicted octanol–water partition coefficient (Wildman–Crippen LogP) is 5.21. The highest BCUT2D eigenvalue weighted by Gasteiger charge is 2.02. The molecule has 0 N–H and O–H groups in total. The lowest BCUT2D eigenvalue weighted by molar-refractivity contribution is -0.145. The molecule has 0 radical (unpaired) electrons. The van der Waals surface area contributed by atoms with E-state index in [2.05, 4.69) is 6.92 Å². The number of rotatable bonds is 37. The molecule has 0 unspecified atom stereocenters. The van der Waals surface area contributed by atoms with Gasteiger partial charge in [0.1, 0.15) is 6.61 Å². The van der Waals surface area contributed by atoms with Crippen molar-refractivity contribution < 1.29 is 47.4 Å². The smallest absolute Gasteiger partial charge is 0.305 e. The molecule has 0 aromatic carbocycles. The molecular formula is C31H61ClO10. The molecule has 10 nitrogen and oxygen atoms in total. The van der Waals surface area contributed by atoms with Gasteiger partial charge in [0.05, 0.1) is 99.1 Å². The topological polar surface area (TPSA) is 100 Å². The van der Waals surface area contributed by atoms with E-state index < -0.39 is 0 Å². The first-order valence-corrected chi connectivity index (χ1v) is 16.7. The van der Waals surface area contributed by atoms with Crippen molar-refractivity contribution in [1.82, 2.24) is 0 Å². The molecule has 0 aromatic rings. The summed E-state index contributed by atoms with van der Waals surface area (Å²) < 4.78 is 48.9. The maximum Gasteiger partial charge on any atom is 0.305 e. The minimum atomic E-state index is -0.139. The van der Waals surface area contributed by atoms with Crippen LogP contribution in [0.4, 0.5) is 0 Å². The van der Waals surface area contributed by atoms with E-state index in [0.29, 0.717) is 112 Å². The monoisotopic (exact) mass is 628 g/mol. The van der Waals surface area contributed by atoms with Crippen molar-refractivity contribution in [2.24, 2.45) is 0 Å². The molecule has 0 amide bonds. The Bertz CT molecular complexity index is 516. The van der Waals surface area contributed by atoms with Crippen molar-refractivity contribution in [2.75, 3.05) is 118 Å². The van der Waals surface area contributed by atoms with E-state index >= 15 is 0 Å². The van der Waals surface area contributed by atoms with Crippen LogP contribution < -0.4 is 0 Å². The zero-order chi connectivity index (χ0) is 30.4. The summed E-state index contributed by atoms with van der Waals surface area (Å²) in [5.41, 5.74) is 0. The summed E-state index contributed by atoms with van der Waals surface area (Å²) in [6.45, 7) is 11.0. The number of alkyl halides is 1. The summed E-state index contributed by atoms with van der Waals surface area (Å²) in [5, 5.41) is 0. The van der Waals surface area contributed by atoms with Gasteiger partial charge in [-0.05, 0) is 19.3 Å². The van der Waals surface area contributed by atoms with E-state index in [1.165, 1.54) is 38.5 Å². The Hall–Kier alpha value is -0.560. The van der Waals surface area contributed by atoms with Crippen LogP contribution in [0.1, 0.15) is 77.6 Å². The number of ether oxygens (including phenoxy) is 9. The lowest BCUT2D eigenvalue weighted by Gasteiger charge is -2.09. The van der Waals surface area contributed by atoms with Crippen molar-refractivity contribution in [2.45, 2.75) is 77.6 Å². The molecule has 0 saturated carbocycles. The minimum absolute atomic E-state index is 0.139. The fourth-order valence-corrected chi connectivity index (χ4v) is 3.82. The molecule has 0 saturated heterocycles. The third-order valence-electron chi connectivity index (χ3n) is 6.00. The van der Waals surface area contributed by atoms with Crippen LogP contribution in [0.15, 0.2) is 0 Å². The van der Waals surface area contributed by atoms with Crippen molar-refractivity contribution in [3.8, 4) is 0 Å². The summed E-state index contributed by atoms with van der Waals surface area (Å²) >= 11 is 5.65. The van der Waals surface area contributed by atoms with E-state index in [9.17, 15) is 4.79 Å². The normalized spacial score (nSPS) is 11.4. The Morgan fingerprint density at radius 1 is 0.405 bits per heavy atom. The van der Waals surface area contributed by atoms with Crippen LogP contribution in [0, 0.1) is 0 Å². The van der Waals surface area contributed by atoms with Crippen LogP contribution in [-0.2, 0) is 47.4 Å². The summed E-state index contributed by atoms with van der Waals surface area (Å²) in [4.78, 5) is 11.6. The van der Waals surface area contributed by atoms with Gasteiger partial charge in [-0.15, -0.1) is 11.6 Å². The van der Waals surface area contributed by atoms with E-state index in [1.807, 2.05) is 0 Å². The van der Waals surface area contributed by atoms with E-state index in [4.69, 9.17) is 54.2 Å². The molecule has 11 heteroatoms. The van der Waals surface area contributed by atoms with Crippen molar-refractivity contribution in [3.05, 3.63) is 0 Å². The van der Waals surface area contributed by atoms with Gasteiger partial charge in [-0.1, -0.05) is 51.9 Å². The molecule has 0 aliphatic carbocycles. The van der Waals surface area contributed by atoms with Crippen molar-refractivity contribution in [1.29, 1.82) is 0 Å². The van der Waals surface area contributed by atoms with Gasteiger partial charge in [0.15, 0.2) is 0 Å². The molecule has 0 heterocycles. The highest BCUT2D eigenvalue weighted by molar-refractivity contribution is 6.17. The Morgan fingerprint density at radius 3 is 1.17 bits per heavy atom. The highest BCUT2D eigenvalue weighted by atomic mass is 35.5. The molecule has 0 bridgehead atoms. The van der Waals surface area contributed by atoms with E-state index in [-0.39, 0.29) is 5.97 Å². The Balaban J connectivity index is 3.09. The minimum Gasteiger partial charge on any atom is -0.463 e. The number of carbonyl (C=O) groups excluding carboxylic acids is 1. The van der Waals surface area contributed by atoms with Gasteiger partial charge in [-0.3, -0.25) is 4.79 Å². The van der Waals surface area contributed by atoms with Crippen LogP contribution in [0.5, 0.6) is 0 Å². The van der Waals surface area contributed by atoms with Gasteiger partial charge in [0, 0.05) is 18.9 Å². The lowest BCUT2D eigenvalue weighted by Crippen LogP contribution is -2.15. The van der Waals surface area contributed by atoms with Gasteiger partial charge in [-0.2, -0.15) is 0 Å². The molecule has 0 rings (SSSR count). The zero-order valence-corrected chi connectivity index (χ0v) is 27.2. The second kappa shape index (κ2) is 38.5. The molecule has 0 aliphatic heterocycles. The van der Waals surface area contributed by atoms with Crippen molar-refractivity contribution >= 4 is 17.6 Å². The molecule has 0 aromatic heterocycles. The maximum absolute atomic E-state index is 11.6. The largest absolute Gasteiger partial charge is 0.463 e. The number of halogens is 1. The summed E-state index contributed by atoms with van der Waals surface area (Å²) in [7, 11) is 0.